The van der Waals surface area contributed by atoms with Gasteiger partial charge in [-0.15, -0.1) is 0 Å². The Bertz CT molecular complexity index is 235. The molecule has 1 aliphatic carbocycles. The molecule has 1 saturated heterocycles. The van der Waals surface area contributed by atoms with E-state index in [4.69, 9.17) is 5.26 Å². The van der Waals surface area contributed by atoms with Crippen molar-refractivity contribution in [2.75, 3.05) is 13.1 Å². The molecule has 0 spiro atoms. The Morgan fingerprint density at radius 1 is 1.13 bits per heavy atom. The fraction of sp³-hybridized carbons (Fsp3) is 0.923. The third-order valence-electron chi connectivity index (χ3n) is 4.08. The maximum Gasteiger partial charge on any atom is 0.0655 e. The first-order valence-electron chi connectivity index (χ1n) is 6.43. The van der Waals surface area contributed by atoms with Crippen LogP contribution in [-0.2, 0) is 0 Å². The summed E-state index contributed by atoms with van der Waals surface area (Å²) in [7, 11) is 0. The lowest BCUT2D eigenvalue weighted by Crippen LogP contribution is -2.43. The Hall–Kier alpha value is -0.550. The van der Waals surface area contributed by atoms with Gasteiger partial charge in [0, 0.05) is 18.5 Å². The van der Waals surface area contributed by atoms with Crippen LogP contribution in [0.15, 0.2) is 0 Å². The predicted molar refractivity (Wildman–Crippen MR) is 61.3 cm³/mol. The summed E-state index contributed by atoms with van der Waals surface area (Å²) in [4.78, 5) is 2.68. The van der Waals surface area contributed by atoms with Gasteiger partial charge >= 0.3 is 0 Å². The molecule has 0 bridgehead atoms. The van der Waals surface area contributed by atoms with E-state index in [-0.39, 0.29) is 0 Å². The van der Waals surface area contributed by atoms with Crippen molar-refractivity contribution in [3.8, 4) is 6.07 Å². The average molecular weight is 206 g/mol. The first kappa shape index (κ1) is 11.0. The van der Waals surface area contributed by atoms with Gasteiger partial charge in [-0.1, -0.05) is 6.92 Å². The molecular weight excluding hydrogens is 184 g/mol. The fourth-order valence-corrected chi connectivity index (χ4v) is 3.13. The zero-order chi connectivity index (χ0) is 10.7. The summed E-state index contributed by atoms with van der Waals surface area (Å²) in [6.45, 7) is 4.96. The minimum absolute atomic E-state index is 0.350. The SMILES string of the molecule is CC1CCCN(C2CCC(C#N)CC2)C1. The van der Waals surface area contributed by atoms with Gasteiger partial charge in [-0.3, -0.25) is 0 Å². The second kappa shape index (κ2) is 4.99. The molecule has 0 aromatic rings. The van der Waals surface area contributed by atoms with Gasteiger partial charge in [-0.2, -0.15) is 5.26 Å². The number of likely N-dealkylation sites (tertiary alicyclic amines) is 1. The predicted octanol–water partition coefficient (Wildman–Crippen LogP) is 2.80. The van der Waals surface area contributed by atoms with Crippen LogP contribution < -0.4 is 0 Å². The first-order chi connectivity index (χ1) is 7.29. The zero-order valence-corrected chi connectivity index (χ0v) is 9.78. The zero-order valence-electron chi connectivity index (χ0n) is 9.78. The number of rotatable bonds is 1. The topological polar surface area (TPSA) is 27.0 Å². The molecule has 0 aromatic heterocycles. The number of hydrogen-bond donors (Lipinski definition) is 0. The Labute approximate surface area is 93.3 Å². The molecule has 2 aliphatic rings. The largest absolute Gasteiger partial charge is 0.300 e. The van der Waals surface area contributed by atoms with E-state index in [1.54, 1.807) is 0 Å². The number of nitrogens with zero attached hydrogens (tertiary/aromatic N) is 2. The quantitative estimate of drug-likeness (QED) is 0.659. The van der Waals surface area contributed by atoms with Crippen molar-refractivity contribution in [3.05, 3.63) is 0 Å². The van der Waals surface area contributed by atoms with E-state index in [1.807, 2.05) is 0 Å². The molecule has 1 unspecified atom stereocenters. The summed E-state index contributed by atoms with van der Waals surface area (Å²) in [5.74, 6) is 1.23. The van der Waals surface area contributed by atoms with Gasteiger partial charge in [0.1, 0.15) is 0 Å². The Morgan fingerprint density at radius 3 is 2.47 bits per heavy atom. The number of piperidine rings is 1. The number of hydrogen-bond acceptors (Lipinski definition) is 2. The molecule has 1 saturated carbocycles. The van der Waals surface area contributed by atoms with Crippen LogP contribution in [0.2, 0.25) is 0 Å². The molecule has 2 fully saturated rings. The first-order valence-corrected chi connectivity index (χ1v) is 6.43. The van der Waals surface area contributed by atoms with Crippen molar-refractivity contribution in [3.63, 3.8) is 0 Å². The molecule has 1 heterocycles. The van der Waals surface area contributed by atoms with Gasteiger partial charge in [0.05, 0.1) is 6.07 Å². The molecule has 2 rings (SSSR count). The van der Waals surface area contributed by atoms with Crippen molar-refractivity contribution in [2.24, 2.45) is 11.8 Å². The molecule has 0 radical (unpaired) electrons. The van der Waals surface area contributed by atoms with Crippen molar-refractivity contribution in [2.45, 2.75) is 51.5 Å². The maximum atomic E-state index is 8.87. The van der Waals surface area contributed by atoms with Crippen molar-refractivity contribution < 1.29 is 0 Å². The Balaban J connectivity index is 1.82. The lowest BCUT2D eigenvalue weighted by molar-refractivity contribution is 0.0977. The van der Waals surface area contributed by atoms with E-state index in [1.165, 1.54) is 38.8 Å². The minimum Gasteiger partial charge on any atom is -0.300 e. The van der Waals surface area contributed by atoms with Gasteiger partial charge in [0.2, 0.25) is 0 Å². The molecule has 15 heavy (non-hydrogen) atoms. The van der Waals surface area contributed by atoms with Crippen LogP contribution in [-0.4, -0.2) is 24.0 Å². The van der Waals surface area contributed by atoms with Gasteiger partial charge in [0.25, 0.3) is 0 Å². The molecule has 2 heteroatoms. The minimum atomic E-state index is 0.350. The van der Waals surface area contributed by atoms with Crippen molar-refractivity contribution in [1.82, 2.24) is 4.90 Å². The molecule has 84 valence electrons. The molecule has 2 nitrogen and oxygen atoms in total. The normalized spacial score (nSPS) is 38.5. The monoisotopic (exact) mass is 206 g/mol. The second-order valence-corrected chi connectivity index (χ2v) is 5.38. The van der Waals surface area contributed by atoms with Gasteiger partial charge in [0.15, 0.2) is 0 Å². The summed E-state index contributed by atoms with van der Waals surface area (Å²) >= 11 is 0. The lowest BCUT2D eigenvalue weighted by atomic mass is 9.85. The summed E-state index contributed by atoms with van der Waals surface area (Å²) in [6.07, 6.45) is 7.55. The maximum absolute atomic E-state index is 8.87. The van der Waals surface area contributed by atoms with Crippen LogP contribution in [0, 0.1) is 23.2 Å². The van der Waals surface area contributed by atoms with E-state index in [9.17, 15) is 0 Å². The highest BCUT2D eigenvalue weighted by Gasteiger charge is 2.28. The summed E-state index contributed by atoms with van der Waals surface area (Å²) in [6, 6.07) is 3.21. The van der Waals surface area contributed by atoms with Crippen molar-refractivity contribution >= 4 is 0 Å². The molecule has 0 aromatic carbocycles. The number of nitriles is 1. The molecular formula is C13H22N2. The van der Waals surface area contributed by atoms with Crippen LogP contribution in [0.5, 0.6) is 0 Å². The standard InChI is InChI=1S/C13H22N2/c1-11-3-2-8-15(10-11)13-6-4-12(9-14)5-7-13/h11-13H,2-8,10H2,1H3. The van der Waals surface area contributed by atoms with Gasteiger partial charge in [-0.05, 0) is 51.0 Å². The molecule has 1 aliphatic heterocycles. The third-order valence-corrected chi connectivity index (χ3v) is 4.08. The van der Waals surface area contributed by atoms with E-state index in [2.05, 4.69) is 17.9 Å². The lowest BCUT2D eigenvalue weighted by Gasteiger charge is -2.39. The Morgan fingerprint density at radius 2 is 1.87 bits per heavy atom. The van der Waals surface area contributed by atoms with E-state index in [0.29, 0.717) is 5.92 Å². The highest BCUT2D eigenvalue weighted by Crippen LogP contribution is 2.29. The average Bonchev–Trinajstić information content (AvgIpc) is 2.29. The van der Waals surface area contributed by atoms with Crippen LogP contribution in [0.3, 0.4) is 0 Å². The molecule has 1 atom stereocenters. The van der Waals surface area contributed by atoms with Crippen LogP contribution in [0.4, 0.5) is 0 Å². The molecule has 0 N–H and O–H groups in total. The van der Waals surface area contributed by atoms with Crippen LogP contribution in [0.1, 0.15) is 45.4 Å². The van der Waals surface area contributed by atoms with Crippen LogP contribution in [0.25, 0.3) is 0 Å². The molecule has 0 amide bonds. The fourth-order valence-electron chi connectivity index (χ4n) is 3.13. The smallest absolute Gasteiger partial charge is 0.0655 e. The van der Waals surface area contributed by atoms with Crippen LogP contribution >= 0.6 is 0 Å². The van der Waals surface area contributed by atoms with Crippen molar-refractivity contribution in [1.29, 1.82) is 5.26 Å². The van der Waals surface area contributed by atoms with E-state index < -0.39 is 0 Å². The van der Waals surface area contributed by atoms with Gasteiger partial charge in [-0.25, -0.2) is 0 Å². The van der Waals surface area contributed by atoms with E-state index >= 15 is 0 Å². The Kier molecular flexibility index (Phi) is 3.64. The van der Waals surface area contributed by atoms with Gasteiger partial charge < -0.3 is 4.90 Å². The highest BCUT2D eigenvalue weighted by atomic mass is 15.2. The third kappa shape index (κ3) is 2.72. The highest BCUT2D eigenvalue weighted by molar-refractivity contribution is 4.90. The summed E-state index contributed by atoms with van der Waals surface area (Å²) in [5.41, 5.74) is 0. The summed E-state index contributed by atoms with van der Waals surface area (Å²) < 4.78 is 0. The summed E-state index contributed by atoms with van der Waals surface area (Å²) in [5, 5.41) is 8.87. The van der Waals surface area contributed by atoms with E-state index in [0.717, 1.165) is 24.8 Å². The second-order valence-electron chi connectivity index (χ2n) is 5.38.